The molecule has 0 spiro atoms. The Hall–Kier alpha value is -3.84. The number of hydrogen-bond donors (Lipinski definition) is 1. The van der Waals surface area contributed by atoms with Crippen molar-refractivity contribution in [2.45, 2.75) is 6.04 Å². The molecule has 1 atom stereocenters. The molecule has 0 aliphatic rings. The summed E-state index contributed by atoms with van der Waals surface area (Å²) in [6.45, 7) is 0. The average Bonchev–Trinajstić information content (AvgIpc) is 3.16. The van der Waals surface area contributed by atoms with Gasteiger partial charge in [-0.15, -0.1) is 0 Å². The van der Waals surface area contributed by atoms with Crippen molar-refractivity contribution in [2.75, 3.05) is 0 Å². The fraction of sp³-hybridized carbons (Fsp3) is 0.0435. The van der Waals surface area contributed by atoms with E-state index in [1.807, 2.05) is 60.7 Å². The van der Waals surface area contributed by atoms with Crippen LogP contribution in [0, 0.1) is 11.3 Å². The second kappa shape index (κ2) is 7.19. The summed E-state index contributed by atoms with van der Waals surface area (Å²) in [6, 6.07) is 27.6. The molecule has 0 saturated carbocycles. The van der Waals surface area contributed by atoms with Crippen LogP contribution in [0.25, 0.3) is 11.0 Å². The second-order valence-corrected chi connectivity index (χ2v) is 6.20. The number of fused-ring (bicyclic) bond motifs is 1. The van der Waals surface area contributed by atoms with Crippen molar-refractivity contribution in [3.8, 4) is 6.07 Å². The normalized spacial score (nSPS) is 11.7. The van der Waals surface area contributed by atoms with E-state index in [-0.39, 0.29) is 5.91 Å². The van der Waals surface area contributed by atoms with E-state index >= 15 is 0 Å². The number of carbonyl (C=O) groups is 1. The van der Waals surface area contributed by atoms with Crippen molar-refractivity contribution in [3.05, 3.63) is 107 Å². The van der Waals surface area contributed by atoms with Gasteiger partial charge < -0.3 is 9.73 Å². The number of nitrogens with one attached hydrogen (secondary N) is 1. The van der Waals surface area contributed by atoms with E-state index in [4.69, 9.17) is 9.68 Å². The van der Waals surface area contributed by atoms with E-state index in [0.29, 0.717) is 16.9 Å². The number of furan rings is 1. The number of nitriles is 1. The van der Waals surface area contributed by atoms with Gasteiger partial charge in [-0.05, 0) is 35.9 Å². The lowest BCUT2D eigenvalue weighted by Crippen LogP contribution is -2.29. The van der Waals surface area contributed by atoms with Gasteiger partial charge in [0.05, 0.1) is 11.6 Å². The molecular weight excluding hydrogens is 336 g/mol. The molecule has 4 heteroatoms. The Balaban J connectivity index is 1.72. The van der Waals surface area contributed by atoms with Crippen LogP contribution in [0.3, 0.4) is 0 Å². The van der Waals surface area contributed by atoms with Crippen LogP contribution in [0.15, 0.2) is 89.3 Å². The summed E-state index contributed by atoms with van der Waals surface area (Å²) in [5, 5.41) is 13.1. The Morgan fingerprint density at radius 2 is 1.70 bits per heavy atom. The zero-order valence-corrected chi connectivity index (χ0v) is 14.4. The first-order chi connectivity index (χ1) is 13.2. The number of rotatable bonds is 4. The van der Waals surface area contributed by atoms with Gasteiger partial charge >= 0.3 is 0 Å². The van der Waals surface area contributed by atoms with Gasteiger partial charge in [0.15, 0.2) is 0 Å². The average molecular weight is 352 g/mol. The highest BCUT2D eigenvalue weighted by Gasteiger charge is 2.21. The second-order valence-electron chi connectivity index (χ2n) is 6.20. The van der Waals surface area contributed by atoms with Crippen molar-refractivity contribution in [3.63, 3.8) is 0 Å². The lowest BCUT2D eigenvalue weighted by Gasteiger charge is -2.17. The molecule has 1 aromatic heterocycles. The summed E-state index contributed by atoms with van der Waals surface area (Å²) in [5.74, 6) is 0.397. The Labute approximate surface area is 156 Å². The monoisotopic (exact) mass is 352 g/mol. The van der Waals surface area contributed by atoms with Gasteiger partial charge in [-0.3, -0.25) is 4.79 Å². The summed E-state index contributed by atoms with van der Waals surface area (Å²) in [5.41, 5.74) is 2.57. The molecule has 0 radical (unpaired) electrons. The highest BCUT2D eigenvalue weighted by atomic mass is 16.3. The number of hydrogen-bond acceptors (Lipinski definition) is 3. The predicted octanol–water partition coefficient (Wildman–Crippen LogP) is 4.82. The molecule has 4 aromatic rings. The van der Waals surface area contributed by atoms with Crippen molar-refractivity contribution >= 4 is 16.9 Å². The molecule has 0 aliphatic heterocycles. The topological polar surface area (TPSA) is 66.0 Å². The summed E-state index contributed by atoms with van der Waals surface area (Å²) >= 11 is 0. The largest absolute Gasteiger partial charge is 0.459 e. The van der Waals surface area contributed by atoms with Crippen molar-refractivity contribution in [2.24, 2.45) is 0 Å². The van der Waals surface area contributed by atoms with Gasteiger partial charge in [0.2, 0.25) is 0 Å². The highest BCUT2D eigenvalue weighted by Crippen LogP contribution is 2.28. The van der Waals surface area contributed by atoms with Crippen molar-refractivity contribution in [1.29, 1.82) is 5.26 Å². The van der Waals surface area contributed by atoms with Gasteiger partial charge in [-0.1, -0.05) is 54.6 Å². The van der Waals surface area contributed by atoms with E-state index in [0.717, 1.165) is 16.5 Å². The van der Waals surface area contributed by atoms with E-state index in [1.165, 1.54) is 0 Å². The van der Waals surface area contributed by atoms with Crippen molar-refractivity contribution in [1.82, 2.24) is 5.32 Å². The SMILES string of the molecule is N#Cc1cccc(C(=O)N[C@H](c2ccccc2)c2cc3ccccc3o2)c1. The van der Waals surface area contributed by atoms with E-state index < -0.39 is 6.04 Å². The van der Waals surface area contributed by atoms with Gasteiger partial charge in [0.1, 0.15) is 17.4 Å². The number of nitrogens with zero attached hydrogens (tertiary/aromatic N) is 1. The maximum absolute atomic E-state index is 12.8. The van der Waals surface area contributed by atoms with Gasteiger partial charge in [-0.2, -0.15) is 5.26 Å². The van der Waals surface area contributed by atoms with Gasteiger partial charge in [0.25, 0.3) is 5.91 Å². The molecule has 27 heavy (non-hydrogen) atoms. The standard InChI is InChI=1S/C23H16N2O2/c24-15-16-7-6-11-19(13-16)23(26)25-22(17-8-2-1-3-9-17)21-14-18-10-4-5-12-20(18)27-21/h1-14,22H,(H,25,26)/t22-/m1/s1. The van der Waals surface area contributed by atoms with Crippen LogP contribution in [-0.4, -0.2) is 5.91 Å². The van der Waals surface area contributed by atoms with Gasteiger partial charge in [0, 0.05) is 10.9 Å². The molecular formula is C23H16N2O2. The third kappa shape index (κ3) is 3.44. The number of amides is 1. The Morgan fingerprint density at radius 3 is 2.48 bits per heavy atom. The summed E-state index contributed by atoms with van der Waals surface area (Å²) in [7, 11) is 0. The number of benzene rings is 3. The molecule has 4 nitrogen and oxygen atoms in total. The summed E-state index contributed by atoms with van der Waals surface area (Å²) in [6.07, 6.45) is 0. The molecule has 3 aromatic carbocycles. The van der Waals surface area contributed by atoms with Crippen LogP contribution in [-0.2, 0) is 0 Å². The number of carbonyl (C=O) groups excluding carboxylic acids is 1. The highest BCUT2D eigenvalue weighted by molar-refractivity contribution is 5.95. The smallest absolute Gasteiger partial charge is 0.252 e. The molecule has 0 unspecified atom stereocenters. The first kappa shape index (κ1) is 16.6. The zero-order chi connectivity index (χ0) is 18.6. The molecule has 130 valence electrons. The zero-order valence-electron chi connectivity index (χ0n) is 14.4. The molecule has 1 heterocycles. The lowest BCUT2D eigenvalue weighted by molar-refractivity contribution is 0.0939. The van der Waals surface area contributed by atoms with E-state index in [9.17, 15) is 4.79 Å². The Morgan fingerprint density at radius 1 is 0.926 bits per heavy atom. The van der Waals surface area contributed by atoms with Gasteiger partial charge in [-0.25, -0.2) is 0 Å². The molecule has 1 N–H and O–H groups in total. The third-order valence-corrected chi connectivity index (χ3v) is 4.39. The van der Waals surface area contributed by atoms with Crippen LogP contribution < -0.4 is 5.32 Å². The molecule has 4 rings (SSSR count). The maximum atomic E-state index is 12.8. The Kier molecular flexibility index (Phi) is 4.42. The van der Waals surface area contributed by atoms with Crippen LogP contribution in [0.2, 0.25) is 0 Å². The molecule has 0 fully saturated rings. The minimum absolute atomic E-state index is 0.263. The quantitative estimate of drug-likeness (QED) is 0.572. The predicted molar refractivity (Wildman–Crippen MR) is 103 cm³/mol. The van der Waals surface area contributed by atoms with Crippen LogP contribution in [0.4, 0.5) is 0 Å². The van der Waals surface area contributed by atoms with Crippen molar-refractivity contribution < 1.29 is 9.21 Å². The molecule has 0 aliphatic carbocycles. The fourth-order valence-electron chi connectivity index (χ4n) is 3.05. The number of para-hydroxylation sites is 1. The third-order valence-electron chi connectivity index (χ3n) is 4.39. The summed E-state index contributed by atoms with van der Waals surface area (Å²) in [4.78, 5) is 12.8. The summed E-state index contributed by atoms with van der Waals surface area (Å²) < 4.78 is 6.00. The van der Waals surface area contributed by atoms with Crippen LogP contribution >= 0.6 is 0 Å². The molecule has 0 saturated heterocycles. The van der Waals surface area contributed by atoms with Crippen LogP contribution in [0.5, 0.6) is 0 Å². The Bertz CT molecular complexity index is 1110. The first-order valence-electron chi connectivity index (χ1n) is 8.59. The minimum atomic E-state index is -0.433. The minimum Gasteiger partial charge on any atom is -0.459 e. The molecule has 0 bridgehead atoms. The van der Waals surface area contributed by atoms with Crippen LogP contribution in [0.1, 0.15) is 33.3 Å². The maximum Gasteiger partial charge on any atom is 0.252 e. The first-order valence-corrected chi connectivity index (χ1v) is 8.59. The lowest BCUT2D eigenvalue weighted by atomic mass is 10.0. The van der Waals surface area contributed by atoms with E-state index in [2.05, 4.69) is 11.4 Å². The van der Waals surface area contributed by atoms with E-state index in [1.54, 1.807) is 24.3 Å². The molecule has 1 amide bonds. The fourth-order valence-corrected chi connectivity index (χ4v) is 3.05.